The van der Waals surface area contributed by atoms with Crippen LogP contribution in [0.2, 0.25) is 0 Å². The van der Waals surface area contributed by atoms with E-state index in [2.05, 4.69) is 17.2 Å². The summed E-state index contributed by atoms with van der Waals surface area (Å²) in [4.78, 5) is 27.4. The highest BCUT2D eigenvalue weighted by Crippen LogP contribution is 2.33. The Labute approximate surface area is 176 Å². The highest BCUT2D eigenvalue weighted by molar-refractivity contribution is 6.07. The van der Waals surface area contributed by atoms with Crippen LogP contribution in [0, 0.1) is 0 Å². The van der Waals surface area contributed by atoms with Crippen molar-refractivity contribution >= 4 is 17.5 Å². The lowest BCUT2D eigenvalue weighted by molar-refractivity contribution is -0.142. The molecule has 7 heteroatoms. The molecular formula is C23H27N3O4. The molecule has 0 aliphatic carbocycles. The number of carbonyl (C=O) groups excluding carboxylic acids is 2. The number of nitrogens with zero attached hydrogens (tertiary/aromatic N) is 1. The predicted octanol–water partition coefficient (Wildman–Crippen LogP) is 1.89. The van der Waals surface area contributed by atoms with Crippen LogP contribution in [0.3, 0.4) is 0 Å². The third-order valence-corrected chi connectivity index (χ3v) is 5.11. The molecule has 0 spiro atoms. The minimum absolute atomic E-state index is 0.186. The van der Waals surface area contributed by atoms with Crippen LogP contribution in [-0.2, 0) is 20.9 Å². The van der Waals surface area contributed by atoms with Crippen LogP contribution in [0.15, 0.2) is 67.3 Å². The van der Waals surface area contributed by atoms with Crippen molar-refractivity contribution in [2.24, 2.45) is 0 Å². The molecule has 30 heavy (non-hydrogen) atoms. The molecule has 0 radical (unpaired) electrons. The average Bonchev–Trinajstić information content (AvgIpc) is 2.78. The number of β-lactam (4-membered cyclic amide) rings is 1. The van der Waals surface area contributed by atoms with Gasteiger partial charge in [0.05, 0.1) is 13.2 Å². The molecule has 0 bridgehead atoms. The molecule has 1 aliphatic rings. The Morgan fingerprint density at radius 3 is 2.47 bits per heavy atom. The average molecular weight is 409 g/mol. The number of amides is 2. The summed E-state index contributed by atoms with van der Waals surface area (Å²) in [7, 11) is 3.06. The number of benzene rings is 2. The first kappa shape index (κ1) is 21.5. The van der Waals surface area contributed by atoms with Crippen molar-refractivity contribution in [3.05, 3.63) is 72.8 Å². The maximum Gasteiger partial charge on any atom is 0.258 e. The van der Waals surface area contributed by atoms with Crippen molar-refractivity contribution in [3.63, 3.8) is 0 Å². The van der Waals surface area contributed by atoms with Gasteiger partial charge in [0, 0.05) is 25.9 Å². The van der Waals surface area contributed by atoms with E-state index in [0.717, 1.165) is 5.56 Å². The van der Waals surface area contributed by atoms with Crippen LogP contribution in [-0.4, -0.2) is 50.8 Å². The summed E-state index contributed by atoms with van der Waals surface area (Å²) in [5, 5.41) is 6.14. The van der Waals surface area contributed by atoms with Crippen LogP contribution in [0.5, 0.6) is 5.75 Å². The van der Waals surface area contributed by atoms with Gasteiger partial charge in [0.15, 0.2) is 6.10 Å². The van der Waals surface area contributed by atoms with Gasteiger partial charge in [0.2, 0.25) is 5.91 Å². The monoisotopic (exact) mass is 409 g/mol. The Hall–Kier alpha value is -3.16. The van der Waals surface area contributed by atoms with Crippen molar-refractivity contribution in [1.29, 1.82) is 0 Å². The number of methoxy groups -OCH3 is 2. The summed E-state index contributed by atoms with van der Waals surface area (Å²) in [6, 6.07) is 15.6. The number of ether oxygens (including phenoxy) is 2. The third-order valence-electron chi connectivity index (χ3n) is 5.11. The minimum atomic E-state index is -0.711. The normalized spacial score (nSPS) is 19.0. The van der Waals surface area contributed by atoms with E-state index in [-0.39, 0.29) is 11.8 Å². The van der Waals surface area contributed by atoms with E-state index in [1.54, 1.807) is 42.4 Å². The molecule has 2 amide bonds. The number of hydrogen-bond acceptors (Lipinski definition) is 5. The molecule has 1 aliphatic heterocycles. The first-order valence-electron chi connectivity index (χ1n) is 9.76. The second kappa shape index (κ2) is 10.0. The van der Waals surface area contributed by atoms with Crippen molar-refractivity contribution < 1.29 is 19.1 Å². The van der Waals surface area contributed by atoms with E-state index in [0.29, 0.717) is 24.5 Å². The second-order valence-corrected chi connectivity index (χ2v) is 6.93. The van der Waals surface area contributed by atoms with Gasteiger partial charge in [-0.15, -0.1) is 6.58 Å². The third kappa shape index (κ3) is 4.53. The highest BCUT2D eigenvalue weighted by atomic mass is 16.5. The molecule has 1 fully saturated rings. The zero-order chi connectivity index (χ0) is 21.5. The quantitative estimate of drug-likeness (QED) is 0.463. The molecule has 2 aromatic rings. The van der Waals surface area contributed by atoms with Crippen molar-refractivity contribution in [2.75, 3.05) is 25.7 Å². The molecule has 1 saturated heterocycles. The highest BCUT2D eigenvalue weighted by Gasteiger charge is 2.54. The molecule has 2 aromatic carbocycles. The van der Waals surface area contributed by atoms with E-state index in [1.807, 2.05) is 30.3 Å². The summed E-state index contributed by atoms with van der Waals surface area (Å²) >= 11 is 0. The standard InChI is InChI=1S/C23H27N3O4/c1-4-14-24-19(22(27)25-15-16-8-6-5-7-9-16)20-21(30-3)23(28)26(20)17-10-12-18(29-2)13-11-17/h4-13,19-21,24H,1,14-15H2,2-3H3,(H,25,27). The largest absolute Gasteiger partial charge is 0.497 e. The summed E-state index contributed by atoms with van der Waals surface area (Å²) in [5.74, 6) is 0.293. The lowest BCUT2D eigenvalue weighted by atomic mass is 9.89. The summed E-state index contributed by atoms with van der Waals surface area (Å²) in [5.41, 5.74) is 1.67. The molecule has 3 unspecified atom stereocenters. The van der Waals surface area contributed by atoms with Crippen LogP contribution in [0.4, 0.5) is 5.69 Å². The molecule has 3 rings (SSSR count). The van der Waals surface area contributed by atoms with Gasteiger partial charge >= 0.3 is 0 Å². The van der Waals surface area contributed by atoms with Gasteiger partial charge in [-0.05, 0) is 29.8 Å². The number of carbonyl (C=O) groups is 2. The fourth-order valence-electron chi connectivity index (χ4n) is 3.56. The zero-order valence-corrected chi connectivity index (χ0v) is 17.2. The Morgan fingerprint density at radius 1 is 1.17 bits per heavy atom. The van der Waals surface area contributed by atoms with Gasteiger partial charge in [-0.3, -0.25) is 9.59 Å². The van der Waals surface area contributed by atoms with Gasteiger partial charge in [-0.2, -0.15) is 0 Å². The molecule has 0 aromatic heterocycles. The van der Waals surface area contributed by atoms with Crippen molar-refractivity contribution in [1.82, 2.24) is 10.6 Å². The molecule has 7 nitrogen and oxygen atoms in total. The first-order valence-corrected chi connectivity index (χ1v) is 9.76. The second-order valence-electron chi connectivity index (χ2n) is 6.93. The van der Waals surface area contributed by atoms with Gasteiger partial charge in [0.25, 0.3) is 5.91 Å². The van der Waals surface area contributed by atoms with Gasteiger partial charge in [-0.25, -0.2) is 0 Å². The molecule has 2 N–H and O–H groups in total. The number of anilines is 1. The Morgan fingerprint density at radius 2 is 1.87 bits per heavy atom. The first-order chi connectivity index (χ1) is 14.6. The van der Waals surface area contributed by atoms with Gasteiger partial charge < -0.3 is 25.0 Å². The lowest BCUT2D eigenvalue weighted by Gasteiger charge is -2.49. The van der Waals surface area contributed by atoms with Crippen LogP contribution >= 0.6 is 0 Å². The van der Waals surface area contributed by atoms with Crippen molar-refractivity contribution in [2.45, 2.75) is 24.7 Å². The topological polar surface area (TPSA) is 79.9 Å². The fourth-order valence-corrected chi connectivity index (χ4v) is 3.56. The molecule has 1 heterocycles. The molecule has 0 saturated carbocycles. The van der Waals surface area contributed by atoms with E-state index in [4.69, 9.17) is 9.47 Å². The van der Waals surface area contributed by atoms with Gasteiger partial charge in [-0.1, -0.05) is 36.4 Å². The molecule has 158 valence electrons. The summed E-state index contributed by atoms with van der Waals surface area (Å²) in [6.07, 6.45) is 0.967. The van der Waals surface area contributed by atoms with E-state index in [9.17, 15) is 9.59 Å². The number of nitrogens with one attached hydrogen (secondary N) is 2. The Balaban J connectivity index is 1.81. The summed E-state index contributed by atoms with van der Waals surface area (Å²) < 4.78 is 10.6. The van der Waals surface area contributed by atoms with E-state index in [1.165, 1.54) is 7.11 Å². The Kier molecular flexibility index (Phi) is 7.21. The van der Waals surface area contributed by atoms with Crippen molar-refractivity contribution in [3.8, 4) is 5.75 Å². The number of rotatable bonds is 10. The molecular weight excluding hydrogens is 382 g/mol. The van der Waals surface area contributed by atoms with Crippen LogP contribution < -0.4 is 20.3 Å². The Bertz CT molecular complexity index is 870. The smallest absolute Gasteiger partial charge is 0.258 e. The maximum atomic E-state index is 13.1. The van der Waals surface area contributed by atoms with E-state index < -0.39 is 18.2 Å². The number of hydrogen-bond donors (Lipinski definition) is 2. The molecule has 3 atom stereocenters. The SMILES string of the molecule is C=CCNC(C(=O)NCc1ccccc1)C1C(OC)C(=O)N1c1ccc(OC)cc1. The maximum absolute atomic E-state index is 13.1. The van der Waals surface area contributed by atoms with E-state index >= 15 is 0 Å². The lowest BCUT2D eigenvalue weighted by Crippen LogP contribution is -2.74. The predicted molar refractivity (Wildman–Crippen MR) is 115 cm³/mol. The van der Waals surface area contributed by atoms with Crippen LogP contribution in [0.25, 0.3) is 0 Å². The van der Waals surface area contributed by atoms with Crippen LogP contribution in [0.1, 0.15) is 5.56 Å². The summed E-state index contributed by atoms with van der Waals surface area (Å²) in [6.45, 7) is 4.53. The fraction of sp³-hybridized carbons (Fsp3) is 0.304. The zero-order valence-electron chi connectivity index (χ0n) is 17.2. The van der Waals surface area contributed by atoms with Gasteiger partial charge in [0.1, 0.15) is 11.8 Å². The minimum Gasteiger partial charge on any atom is -0.497 e.